The molecule has 0 N–H and O–H groups in total. The Morgan fingerprint density at radius 3 is 2.65 bits per heavy atom. The molecular weight excluding hydrogens is 313 g/mol. The number of rotatable bonds is 6. The molecule has 1 aliphatic rings. The van der Waals surface area contributed by atoms with Gasteiger partial charge in [0.2, 0.25) is 5.13 Å². The van der Waals surface area contributed by atoms with E-state index in [1.54, 1.807) is 23.5 Å². The largest absolute Gasteiger partial charge is 0.373 e. The van der Waals surface area contributed by atoms with Gasteiger partial charge in [0.25, 0.3) is 0 Å². The number of anilines is 1. The molecule has 1 fully saturated rings. The van der Waals surface area contributed by atoms with Gasteiger partial charge in [-0.25, -0.2) is 4.39 Å². The molecule has 1 aromatic carbocycles. The molecule has 0 saturated carbocycles. The Morgan fingerprint density at radius 1 is 1.22 bits per heavy atom. The van der Waals surface area contributed by atoms with Crippen LogP contribution in [0.5, 0.6) is 0 Å². The maximum Gasteiger partial charge on any atom is 0.208 e. The van der Waals surface area contributed by atoms with Crippen LogP contribution in [-0.4, -0.2) is 29.4 Å². The standard InChI is InChI=1S/C17H22FN3OS/c1-2-3-16-19-20-17(23-16)21-10-8-15(9-11-21)22-12-13-4-6-14(18)7-5-13/h4-7,15H,2-3,8-12H2,1H3. The summed E-state index contributed by atoms with van der Waals surface area (Å²) in [5, 5.41) is 10.7. The van der Waals surface area contributed by atoms with Crippen LogP contribution in [0.25, 0.3) is 0 Å². The fourth-order valence-electron chi connectivity index (χ4n) is 2.70. The summed E-state index contributed by atoms with van der Waals surface area (Å²) in [6, 6.07) is 6.51. The minimum Gasteiger partial charge on any atom is -0.373 e. The quantitative estimate of drug-likeness (QED) is 0.804. The summed E-state index contributed by atoms with van der Waals surface area (Å²) in [7, 11) is 0. The van der Waals surface area contributed by atoms with Gasteiger partial charge in [0.15, 0.2) is 0 Å². The summed E-state index contributed by atoms with van der Waals surface area (Å²) < 4.78 is 18.8. The minimum atomic E-state index is -0.207. The second kappa shape index (κ2) is 7.84. The van der Waals surface area contributed by atoms with Crippen LogP contribution in [0.1, 0.15) is 36.8 Å². The predicted molar refractivity (Wildman–Crippen MR) is 90.3 cm³/mol. The molecule has 0 spiro atoms. The molecule has 124 valence electrons. The lowest BCUT2D eigenvalue weighted by atomic mass is 10.1. The van der Waals surface area contributed by atoms with E-state index >= 15 is 0 Å². The highest BCUT2D eigenvalue weighted by Gasteiger charge is 2.22. The first-order chi connectivity index (χ1) is 11.2. The summed E-state index contributed by atoms with van der Waals surface area (Å²) >= 11 is 1.70. The number of halogens is 1. The second-order valence-electron chi connectivity index (χ2n) is 5.85. The number of aryl methyl sites for hydroxylation is 1. The van der Waals surface area contributed by atoms with Crippen LogP contribution in [0.15, 0.2) is 24.3 Å². The van der Waals surface area contributed by atoms with Crippen LogP contribution in [0.4, 0.5) is 9.52 Å². The molecule has 1 aliphatic heterocycles. The minimum absolute atomic E-state index is 0.207. The Kier molecular flexibility index (Phi) is 5.56. The van der Waals surface area contributed by atoms with Crippen LogP contribution in [0.3, 0.4) is 0 Å². The molecule has 2 heterocycles. The molecule has 2 aromatic rings. The van der Waals surface area contributed by atoms with E-state index in [0.717, 1.165) is 54.5 Å². The Morgan fingerprint density at radius 2 is 1.96 bits per heavy atom. The number of ether oxygens (including phenoxy) is 1. The van der Waals surface area contributed by atoms with E-state index in [2.05, 4.69) is 22.0 Å². The molecule has 3 rings (SSSR count). The van der Waals surface area contributed by atoms with Crippen LogP contribution in [-0.2, 0) is 17.8 Å². The normalized spacial score (nSPS) is 16.0. The molecule has 4 nitrogen and oxygen atoms in total. The first-order valence-corrected chi connectivity index (χ1v) is 8.99. The lowest BCUT2D eigenvalue weighted by Gasteiger charge is -2.31. The average Bonchev–Trinajstić information content (AvgIpc) is 3.04. The fraction of sp³-hybridized carbons (Fsp3) is 0.529. The highest BCUT2D eigenvalue weighted by Crippen LogP contribution is 2.25. The predicted octanol–water partition coefficient (Wildman–Crippen LogP) is 3.82. The summed E-state index contributed by atoms with van der Waals surface area (Å²) in [5.74, 6) is -0.207. The van der Waals surface area contributed by atoms with E-state index in [0.29, 0.717) is 6.61 Å². The number of aromatic nitrogens is 2. The maximum atomic E-state index is 12.9. The third-order valence-electron chi connectivity index (χ3n) is 4.03. The number of piperidine rings is 1. The number of hydrogen-bond acceptors (Lipinski definition) is 5. The van der Waals surface area contributed by atoms with Crippen molar-refractivity contribution in [2.24, 2.45) is 0 Å². The van der Waals surface area contributed by atoms with Crippen molar-refractivity contribution < 1.29 is 9.13 Å². The Bertz CT molecular complexity index is 609. The van der Waals surface area contributed by atoms with Crippen molar-refractivity contribution in [3.05, 3.63) is 40.7 Å². The average molecular weight is 335 g/mol. The zero-order chi connectivity index (χ0) is 16.1. The third-order valence-corrected chi connectivity index (χ3v) is 5.08. The monoisotopic (exact) mass is 335 g/mol. The van der Waals surface area contributed by atoms with Gasteiger partial charge in [0.05, 0.1) is 12.7 Å². The molecule has 0 amide bonds. The molecule has 6 heteroatoms. The van der Waals surface area contributed by atoms with Gasteiger partial charge in [-0.3, -0.25) is 0 Å². The van der Waals surface area contributed by atoms with E-state index in [1.165, 1.54) is 12.1 Å². The smallest absolute Gasteiger partial charge is 0.208 e. The first kappa shape index (κ1) is 16.3. The number of hydrogen-bond donors (Lipinski definition) is 0. The number of nitrogens with zero attached hydrogens (tertiary/aromatic N) is 3. The van der Waals surface area contributed by atoms with E-state index in [1.807, 2.05) is 0 Å². The Balaban J connectivity index is 1.45. The van der Waals surface area contributed by atoms with Gasteiger partial charge in [-0.2, -0.15) is 0 Å². The van der Waals surface area contributed by atoms with Crippen LogP contribution < -0.4 is 4.90 Å². The van der Waals surface area contributed by atoms with Crippen molar-refractivity contribution in [1.82, 2.24) is 10.2 Å². The van der Waals surface area contributed by atoms with Crippen molar-refractivity contribution in [2.75, 3.05) is 18.0 Å². The molecule has 0 atom stereocenters. The highest BCUT2D eigenvalue weighted by atomic mass is 32.1. The van der Waals surface area contributed by atoms with Crippen LogP contribution >= 0.6 is 11.3 Å². The number of benzene rings is 1. The molecule has 0 unspecified atom stereocenters. The summed E-state index contributed by atoms with van der Waals surface area (Å²) in [5.41, 5.74) is 1.02. The zero-order valence-corrected chi connectivity index (χ0v) is 14.2. The van der Waals surface area contributed by atoms with Gasteiger partial charge < -0.3 is 9.64 Å². The fourth-order valence-corrected chi connectivity index (χ4v) is 3.69. The van der Waals surface area contributed by atoms with Crippen molar-refractivity contribution in [2.45, 2.75) is 45.3 Å². The van der Waals surface area contributed by atoms with E-state index < -0.39 is 0 Å². The van der Waals surface area contributed by atoms with Crippen molar-refractivity contribution in [3.63, 3.8) is 0 Å². The third kappa shape index (κ3) is 4.48. The van der Waals surface area contributed by atoms with E-state index in [9.17, 15) is 4.39 Å². The topological polar surface area (TPSA) is 38.2 Å². The Labute approximate surface area is 140 Å². The van der Waals surface area contributed by atoms with Gasteiger partial charge in [0.1, 0.15) is 10.8 Å². The molecular formula is C17H22FN3OS. The van der Waals surface area contributed by atoms with Crippen LogP contribution in [0, 0.1) is 5.82 Å². The SMILES string of the molecule is CCCc1nnc(N2CCC(OCc3ccc(F)cc3)CC2)s1. The lowest BCUT2D eigenvalue weighted by Crippen LogP contribution is -2.36. The van der Waals surface area contributed by atoms with Crippen molar-refractivity contribution >= 4 is 16.5 Å². The molecule has 1 aromatic heterocycles. The second-order valence-corrected chi connectivity index (χ2v) is 6.89. The van der Waals surface area contributed by atoms with Gasteiger partial charge in [-0.15, -0.1) is 10.2 Å². The lowest BCUT2D eigenvalue weighted by molar-refractivity contribution is 0.0251. The molecule has 0 bridgehead atoms. The van der Waals surface area contributed by atoms with E-state index in [4.69, 9.17) is 4.74 Å². The molecule has 1 saturated heterocycles. The highest BCUT2D eigenvalue weighted by molar-refractivity contribution is 7.15. The van der Waals surface area contributed by atoms with Crippen LogP contribution in [0.2, 0.25) is 0 Å². The van der Waals surface area contributed by atoms with Crippen molar-refractivity contribution in [1.29, 1.82) is 0 Å². The zero-order valence-electron chi connectivity index (χ0n) is 13.4. The van der Waals surface area contributed by atoms with Gasteiger partial charge in [-0.1, -0.05) is 30.4 Å². The van der Waals surface area contributed by atoms with Crippen molar-refractivity contribution in [3.8, 4) is 0 Å². The molecule has 0 radical (unpaired) electrons. The molecule has 0 aliphatic carbocycles. The van der Waals surface area contributed by atoms with Gasteiger partial charge >= 0.3 is 0 Å². The summed E-state index contributed by atoms with van der Waals surface area (Å²) in [6.07, 6.45) is 4.36. The first-order valence-electron chi connectivity index (χ1n) is 8.18. The van der Waals surface area contributed by atoms with Gasteiger partial charge in [-0.05, 0) is 37.0 Å². The molecule has 23 heavy (non-hydrogen) atoms. The summed E-state index contributed by atoms with van der Waals surface area (Å²) in [6.45, 7) is 4.61. The maximum absolute atomic E-state index is 12.9. The van der Waals surface area contributed by atoms with Gasteiger partial charge in [0, 0.05) is 19.5 Å². The Hall–Kier alpha value is -1.53. The summed E-state index contributed by atoms with van der Waals surface area (Å²) in [4.78, 5) is 2.30. The van der Waals surface area contributed by atoms with E-state index in [-0.39, 0.29) is 11.9 Å².